The Kier molecular flexibility index (Phi) is 6.01. The van der Waals surface area contributed by atoms with Gasteiger partial charge in [-0.1, -0.05) is 60.7 Å². The number of carbonyl (C=O) groups is 1. The van der Waals surface area contributed by atoms with Gasteiger partial charge in [-0.3, -0.25) is 9.69 Å². The van der Waals surface area contributed by atoms with E-state index in [1.54, 1.807) is 0 Å². The third-order valence-corrected chi connectivity index (χ3v) is 5.27. The van der Waals surface area contributed by atoms with E-state index in [0.717, 1.165) is 49.5 Å². The minimum absolute atomic E-state index is 0.186. The van der Waals surface area contributed by atoms with Crippen LogP contribution in [0, 0.1) is 13.8 Å². The molecule has 1 amide bonds. The molecule has 0 saturated carbocycles. The average Bonchev–Trinajstić information content (AvgIpc) is 2.65. The number of aryl methyl sites for hydroxylation is 2. The largest absolute Gasteiger partial charge is 0.356 e. The van der Waals surface area contributed by atoms with Gasteiger partial charge >= 0.3 is 0 Å². The van der Waals surface area contributed by atoms with Gasteiger partial charge in [0.2, 0.25) is 0 Å². The molecule has 0 bridgehead atoms. The number of hydrogen-bond donors (Lipinski definition) is 1. The summed E-state index contributed by atoms with van der Waals surface area (Å²) in [5.41, 5.74) is 4.28. The van der Waals surface area contributed by atoms with Gasteiger partial charge in [0.1, 0.15) is 0 Å². The first-order valence-corrected chi connectivity index (χ1v) is 9.38. The smallest absolute Gasteiger partial charge is 0.283 e. The van der Waals surface area contributed by atoms with Crippen LogP contribution in [-0.2, 0) is 11.3 Å². The normalized spacial score (nSPS) is 14.9. The second-order valence-corrected chi connectivity index (χ2v) is 7.16. The maximum Gasteiger partial charge on any atom is 0.283 e. The van der Waals surface area contributed by atoms with Crippen molar-refractivity contribution in [2.75, 3.05) is 31.5 Å². The summed E-state index contributed by atoms with van der Waals surface area (Å²) in [6.45, 7) is 8.31. The molecule has 1 heterocycles. The van der Waals surface area contributed by atoms with Crippen molar-refractivity contribution in [2.45, 2.75) is 20.4 Å². The molecule has 0 spiro atoms. The van der Waals surface area contributed by atoms with E-state index < -0.39 is 0 Å². The molecule has 1 saturated heterocycles. The zero-order valence-corrected chi connectivity index (χ0v) is 16.2. The fourth-order valence-corrected chi connectivity index (χ4v) is 3.51. The monoisotopic (exact) mass is 367 g/mol. The Hall–Kier alpha value is -2.24. The molecule has 1 aliphatic rings. The Balaban J connectivity index is 1.54. The second-order valence-electron chi connectivity index (χ2n) is 6.77. The summed E-state index contributed by atoms with van der Waals surface area (Å²) in [5.74, 6) is -0.186. The first kappa shape index (κ1) is 18.5. The molecule has 1 fully saturated rings. The van der Waals surface area contributed by atoms with E-state index >= 15 is 0 Å². The molecule has 136 valence electrons. The molecule has 4 nitrogen and oxygen atoms in total. The fraction of sp³-hybridized carbons (Fsp3) is 0.333. The second kappa shape index (κ2) is 8.43. The highest BCUT2D eigenvalue weighted by Gasteiger charge is 2.23. The van der Waals surface area contributed by atoms with E-state index in [-0.39, 0.29) is 5.91 Å². The van der Waals surface area contributed by atoms with E-state index in [1.165, 1.54) is 5.56 Å². The molecule has 0 aliphatic carbocycles. The lowest BCUT2D eigenvalue weighted by atomic mass is 10.1. The topological polar surface area (TPSA) is 35.6 Å². The van der Waals surface area contributed by atoms with Crippen molar-refractivity contribution in [1.82, 2.24) is 9.80 Å². The van der Waals surface area contributed by atoms with Crippen LogP contribution in [-0.4, -0.2) is 46.9 Å². The number of nitrogens with zero attached hydrogens (tertiary/aromatic N) is 2. The molecule has 0 atom stereocenters. The third kappa shape index (κ3) is 4.48. The van der Waals surface area contributed by atoms with Crippen LogP contribution in [0.3, 0.4) is 0 Å². The van der Waals surface area contributed by atoms with Gasteiger partial charge in [0.25, 0.3) is 5.91 Å². The van der Waals surface area contributed by atoms with Crippen LogP contribution in [0.1, 0.15) is 16.7 Å². The molecule has 3 rings (SSSR count). The third-order valence-electron chi connectivity index (χ3n) is 4.82. The molecule has 0 radical (unpaired) electrons. The first-order chi connectivity index (χ1) is 12.5. The number of anilines is 1. The number of rotatable bonds is 3. The quantitative estimate of drug-likeness (QED) is 0.844. The number of piperazine rings is 1. The summed E-state index contributed by atoms with van der Waals surface area (Å²) in [7, 11) is 0. The van der Waals surface area contributed by atoms with Crippen molar-refractivity contribution in [1.29, 1.82) is 0 Å². The highest BCUT2D eigenvalue weighted by atomic mass is 32.1. The van der Waals surface area contributed by atoms with Crippen LogP contribution in [0.15, 0.2) is 48.5 Å². The zero-order chi connectivity index (χ0) is 18.5. The molecule has 1 N–H and O–H groups in total. The molecule has 0 unspecified atom stereocenters. The SMILES string of the molecule is Cc1cccc(C)c1NC(=O)C(=S)N1CCN(Cc2ccccc2)CC1. The number of thiocarbonyl (C=S) groups is 1. The lowest BCUT2D eigenvalue weighted by Crippen LogP contribution is -2.50. The Morgan fingerprint density at radius 3 is 2.19 bits per heavy atom. The van der Waals surface area contributed by atoms with Crippen LogP contribution in [0.5, 0.6) is 0 Å². The molecule has 26 heavy (non-hydrogen) atoms. The fourth-order valence-electron chi connectivity index (χ4n) is 3.27. The van der Waals surface area contributed by atoms with Gasteiger partial charge in [-0.05, 0) is 30.5 Å². The van der Waals surface area contributed by atoms with Crippen LogP contribution < -0.4 is 5.32 Å². The number of carbonyl (C=O) groups excluding carboxylic acids is 1. The van der Waals surface area contributed by atoms with E-state index in [9.17, 15) is 4.79 Å². The van der Waals surface area contributed by atoms with E-state index in [4.69, 9.17) is 12.2 Å². The molecular formula is C21H25N3OS. The van der Waals surface area contributed by atoms with Crippen LogP contribution in [0.2, 0.25) is 0 Å². The zero-order valence-electron chi connectivity index (χ0n) is 15.4. The molecular weight excluding hydrogens is 342 g/mol. The summed E-state index contributed by atoms with van der Waals surface area (Å²) < 4.78 is 0. The molecule has 0 aromatic heterocycles. The van der Waals surface area contributed by atoms with Gasteiger partial charge in [0.05, 0.1) is 0 Å². The lowest BCUT2D eigenvalue weighted by molar-refractivity contribution is -0.110. The molecule has 1 aliphatic heterocycles. The Morgan fingerprint density at radius 1 is 0.962 bits per heavy atom. The standard InChI is InChI=1S/C21H25N3OS/c1-16-7-6-8-17(2)19(16)22-20(25)21(26)24-13-11-23(12-14-24)15-18-9-4-3-5-10-18/h3-10H,11-15H2,1-2H3,(H,22,25). The van der Waals surface area contributed by atoms with Crippen LogP contribution in [0.25, 0.3) is 0 Å². The van der Waals surface area contributed by atoms with Crippen molar-refractivity contribution in [2.24, 2.45) is 0 Å². The van der Waals surface area contributed by atoms with Gasteiger partial charge < -0.3 is 10.2 Å². The summed E-state index contributed by atoms with van der Waals surface area (Å²) >= 11 is 5.45. The molecule has 2 aromatic rings. The summed E-state index contributed by atoms with van der Waals surface area (Å²) in [6, 6.07) is 16.4. The van der Waals surface area contributed by atoms with Crippen molar-refractivity contribution < 1.29 is 4.79 Å². The lowest BCUT2D eigenvalue weighted by Gasteiger charge is -2.35. The minimum atomic E-state index is -0.186. The summed E-state index contributed by atoms with van der Waals surface area (Å²) in [5, 5.41) is 2.99. The van der Waals surface area contributed by atoms with Gasteiger partial charge in [-0.25, -0.2) is 0 Å². The van der Waals surface area contributed by atoms with Crippen molar-refractivity contribution in [3.63, 3.8) is 0 Å². The number of benzene rings is 2. The number of amides is 1. The highest BCUT2D eigenvalue weighted by Crippen LogP contribution is 2.19. The van der Waals surface area contributed by atoms with Crippen molar-refractivity contribution >= 4 is 28.8 Å². The maximum atomic E-state index is 12.6. The van der Waals surface area contributed by atoms with Gasteiger partial charge in [0.15, 0.2) is 4.99 Å². The first-order valence-electron chi connectivity index (χ1n) is 8.97. The van der Waals surface area contributed by atoms with Gasteiger partial charge in [0, 0.05) is 38.4 Å². The number of nitrogens with one attached hydrogen (secondary N) is 1. The van der Waals surface area contributed by atoms with Crippen molar-refractivity contribution in [3.8, 4) is 0 Å². The van der Waals surface area contributed by atoms with Gasteiger partial charge in [-0.15, -0.1) is 0 Å². The maximum absolute atomic E-state index is 12.6. The van der Waals surface area contributed by atoms with Crippen LogP contribution >= 0.6 is 12.2 Å². The van der Waals surface area contributed by atoms with E-state index in [1.807, 2.05) is 43.0 Å². The predicted molar refractivity (Wildman–Crippen MR) is 110 cm³/mol. The molecule has 2 aromatic carbocycles. The Labute approximate surface area is 160 Å². The number of para-hydroxylation sites is 1. The average molecular weight is 368 g/mol. The summed E-state index contributed by atoms with van der Waals surface area (Å²) in [6.07, 6.45) is 0. The minimum Gasteiger partial charge on any atom is -0.356 e. The predicted octanol–water partition coefficient (Wildman–Crippen LogP) is 3.39. The Bertz CT molecular complexity index is 763. The van der Waals surface area contributed by atoms with Gasteiger partial charge in [-0.2, -0.15) is 0 Å². The number of hydrogen-bond acceptors (Lipinski definition) is 3. The Morgan fingerprint density at radius 2 is 1.58 bits per heavy atom. The highest BCUT2D eigenvalue weighted by molar-refractivity contribution is 7.82. The van der Waals surface area contributed by atoms with Crippen molar-refractivity contribution in [3.05, 3.63) is 65.2 Å². The molecule has 5 heteroatoms. The van der Waals surface area contributed by atoms with Crippen LogP contribution in [0.4, 0.5) is 5.69 Å². The summed E-state index contributed by atoms with van der Waals surface area (Å²) in [4.78, 5) is 17.4. The van der Waals surface area contributed by atoms with E-state index in [0.29, 0.717) is 4.99 Å². The van der Waals surface area contributed by atoms with E-state index in [2.05, 4.69) is 34.5 Å².